The van der Waals surface area contributed by atoms with Gasteiger partial charge in [0, 0.05) is 0 Å². The highest BCUT2D eigenvalue weighted by atomic mass is 16.4. The first-order valence-electron chi connectivity index (χ1n) is 4.89. The van der Waals surface area contributed by atoms with Crippen molar-refractivity contribution in [1.29, 1.82) is 5.26 Å². The number of nitrogens with zero attached hydrogens (tertiary/aromatic N) is 1. The number of carbonyl (C=O) groups is 1. The van der Waals surface area contributed by atoms with Crippen molar-refractivity contribution < 1.29 is 9.90 Å². The fourth-order valence-corrected chi connectivity index (χ4v) is 1.71. The second-order valence-corrected chi connectivity index (χ2v) is 4.07. The Balaban J connectivity index is 2.12. The lowest BCUT2D eigenvalue weighted by atomic mass is 9.96. The third-order valence-corrected chi connectivity index (χ3v) is 2.93. The van der Waals surface area contributed by atoms with Crippen molar-refractivity contribution in [3.63, 3.8) is 0 Å². The minimum Gasteiger partial charge on any atom is -0.481 e. The van der Waals surface area contributed by atoms with Crippen LogP contribution in [0.3, 0.4) is 0 Å². The minimum atomic E-state index is -0.702. The summed E-state index contributed by atoms with van der Waals surface area (Å²) in [6.07, 6.45) is 2.11. The minimum absolute atomic E-state index is 0.520. The monoisotopic (exact) mass is 201 g/mol. The summed E-state index contributed by atoms with van der Waals surface area (Å²) >= 11 is 0. The topological polar surface area (TPSA) is 61.1 Å². The Kier molecular flexibility index (Phi) is 2.20. The van der Waals surface area contributed by atoms with Gasteiger partial charge in [0.1, 0.15) is 0 Å². The Morgan fingerprint density at radius 1 is 1.40 bits per heavy atom. The van der Waals surface area contributed by atoms with Crippen LogP contribution in [0.15, 0.2) is 24.3 Å². The molecule has 0 radical (unpaired) electrons. The van der Waals surface area contributed by atoms with Gasteiger partial charge in [-0.1, -0.05) is 12.1 Å². The van der Waals surface area contributed by atoms with Gasteiger partial charge in [-0.3, -0.25) is 4.79 Å². The van der Waals surface area contributed by atoms with E-state index in [4.69, 9.17) is 10.4 Å². The number of nitriles is 1. The van der Waals surface area contributed by atoms with E-state index in [0.717, 1.165) is 18.4 Å². The molecular formula is C12H11NO2. The van der Waals surface area contributed by atoms with Gasteiger partial charge >= 0.3 is 5.97 Å². The van der Waals surface area contributed by atoms with Gasteiger partial charge in [-0.15, -0.1) is 0 Å². The summed E-state index contributed by atoms with van der Waals surface area (Å²) in [6, 6.07) is 9.17. The molecule has 1 fully saturated rings. The van der Waals surface area contributed by atoms with Gasteiger partial charge in [0.25, 0.3) is 0 Å². The van der Waals surface area contributed by atoms with Crippen molar-refractivity contribution in [3.05, 3.63) is 35.4 Å². The predicted molar refractivity (Wildman–Crippen MR) is 54.2 cm³/mol. The van der Waals surface area contributed by atoms with Crippen LogP contribution in [-0.4, -0.2) is 11.1 Å². The molecule has 15 heavy (non-hydrogen) atoms. The SMILES string of the molecule is N#Cc1ccc(CC2(C(=O)O)CC2)cc1. The van der Waals surface area contributed by atoms with E-state index in [1.54, 1.807) is 12.1 Å². The third kappa shape index (κ3) is 1.84. The molecule has 1 N–H and O–H groups in total. The summed E-state index contributed by atoms with van der Waals surface area (Å²) in [6.45, 7) is 0. The van der Waals surface area contributed by atoms with Gasteiger partial charge in [-0.05, 0) is 37.0 Å². The standard InChI is InChI=1S/C12H11NO2/c13-8-10-3-1-9(2-4-10)7-12(5-6-12)11(14)15/h1-4H,5-7H2,(H,14,15). The number of hydrogen-bond donors (Lipinski definition) is 1. The first kappa shape index (κ1) is 9.72. The van der Waals surface area contributed by atoms with Gasteiger partial charge in [0.05, 0.1) is 17.0 Å². The van der Waals surface area contributed by atoms with Gasteiger partial charge in [0.2, 0.25) is 0 Å². The van der Waals surface area contributed by atoms with Gasteiger partial charge in [-0.25, -0.2) is 0 Å². The summed E-state index contributed by atoms with van der Waals surface area (Å²) < 4.78 is 0. The van der Waals surface area contributed by atoms with Crippen LogP contribution in [0.2, 0.25) is 0 Å². The predicted octanol–water partition coefficient (Wildman–Crippen LogP) is 1.97. The molecular weight excluding hydrogens is 190 g/mol. The Morgan fingerprint density at radius 2 is 2.00 bits per heavy atom. The van der Waals surface area contributed by atoms with Crippen molar-refractivity contribution in [2.45, 2.75) is 19.3 Å². The van der Waals surface area contributed by atoms with E-state index in [0.29, 0.717) is 12.0 Å². The van der Waals surface area contributed by atoms with Gasteiger partial charge in [0.15, 0.2) is 0 Å². The largest absolute Gasteiger partial charge is 0.481 e. The second kappa shape index (κ2) is 3.39. The van der Waals surface area contributed by atoms with E-state index in [1.807, 2.05) is 18.2 Å². The normalized spacial score (nSPS) is 16.7. The molecule has 0 unspecified atom stereocenters. The highest BCUT2D eigenvalue weighted by molar-refractivity contribution is 5.78. The van der Waals surface area contributed by atoms with Crippen molar-refractivity contribution >= 4 is 5.97 Å². The van der Waals surface area contributed by atoms with Crippen molar-refractivity contribution in [2.24, 2.45) is 5.41 Å². The van der Waals surface area contributed by atoms with Crippen LogP contribution >= 0.6 is 0 Å². The van der Waals surface area contributed by atoms with Crippen LogP contribution in [0.1, 0.15) is 24.0 Å². The lowest BCUT2D eigenvalue weighted by Crippen LogP contribution is -2.17. The number of carboxylic acids is 1. The molecule has 1 saturated carbocycles. The van der Waals surface area contributed by atoms with Crippen LogP contribution in [0.25, 0.3) is 0 Å². The molecule has 0 amide bonds. The highest BCUT2D eigenvalue weighted by Gasteiger charge is 2.49. The summed E-state index contributed by atoms with van der Waals surface area (Å²) in [5.41, 5.74) is 1.08. The molecule has 3 heteroatoms. The van der Waals surface area contributed by atoms with E-state index in [2.05, 4.69) is 0 Å². The summed E-state index contributed by atoms with van der Waals surface area (Å²) in [5, 5.41) is 17.6. The maximum Gasteiger partial charge on any atom is 0.309 e. The lowest BCUT2D eigenvalue weighted by Gasteiger charge is -2.08. The molecule has 1 aliphatic carbocycles. The van der Waals surface area contributed by atoms with Gasteiger partial charge in [-0.2, -0.15) is 5.26 Å². The van der Waals surface area contributed by atoms with Crippen LogP contribution in [-0.2, 0) is 11.2 Å². The summed E-state index contributed by atoms with van der Waals surface area (Å²) in [5.74, 6) is -0.702. The number of benzene rings is 1. The second-order valence-electron chi connectivity index (χ2n) is 4.07. The first-order chi connectivity index (χ1) is 7.16. The van der Waals surface area contributed by atoms with E-state index >= 15 is 0 Å². The zero-order valence-corrected chi connectivity index (χ0v) is 8.23. The molecule has 1 aromatic rings. The highest BCUT2D eigenvalue weighted by Crippen LogP contribution is 2.48. The lowest BCUT2D eigenvalue weighted by molar-refractivity contribution is -0.143. The molecule has 76 valence electrons. The van der Waals surface area contributed by atoms with E-state index in [1.165, 1.54) is 0 Å². The van der Waals surface area contributed by atoms with Crippen LogP contribution in [0, 0.1) is 16.7 Å². The maximum atomic E-state index is 11.0. The molecule has 0 aromatic heterocycles. The molecule has 0 bridgehead atoms. The van der Waals surface area contributed by atoms with Crippen molar-refractivity contribution in [3.8, 4) is 6.07 Å². The van der Waals surface area contributed by atoms with Crippen molar-refractivity contribution in [2.75, 3.05) is 0 Å². The molecule has 0 atom stereocenters. The Labute approximate surface area is 88.0 Å². The molecule has 0 saturated heterocycles. The van der Waals surface area contributed by atoms with E-state index in [9.17, 15) is 4.79 Å². The fourth-order valence-electron chi connectivity index (χ4n) is 1.71. The number of carboxylic acid groups (broad SMARTS) is 1. The Bertz CT molecular complexity index is 424. The maximum absolute atomic E-state index is 11.0. The number of rotatable bonds is 3. The average molecular weight is 201 g/mol. The molecule has 0 aliphatic heterocycles. The molecule has 3 nitrogen and oxygen atoms in total. The third-order valence-electron chi connectivity index (χ3n) is 2.93. The van der Waals surface area contributed by atoms with Crippen molar-refractivity contribution in [1.82, 2.24) is 0 Å². The van der Waals surface area contributed by atoms with Crippen LogP contribution in [0.5, 0.6) is 0 Å². The number of hydrogen-bond acceptors (Lipinski definition) is 2. The zero-order valence-electron chi connectivity index (χ0n) is 8.23. The van der Waals surface area contributed by atoms with E-state index < -0.39 is 11.4 Å². The first-order valence-corrected chi connectivity index (χ1v) is 4.89. The molecule has 0 spiro atoms. The Morgan fingerprint density at radius 3 is 2.40 bits per heavy atom. The molecule has 0 heterocycles. The molecule has 1 aromatic carbocycles. The van der Waals surface area contributed by atoms with Gasteiger partial charge < -0.3 is 5.11 Å². The molecule has 2 rings (SSSR count). The summed E-state index contributed by atoms with van der Waals surface area (Å²) in [4.78, 5) is 11.0. The fraction of sp³-hybridized carbons (Fsp3) is 0.333. The van der Waals surface area contributed by atoms with Crippen LogP contribution < -0.4 is 0 Å². The summed E-state index contributed by atoms with van der Waals surface area (Å²) in [7, 11) is 0. The molecule has 1 aliphatic rings. The average Bonchev–Trinajstić information content (AvgIpc) is 3.00. The zero-order chi connectivity index (χ0) is 10.9. The Hall–Kier alpha value is -1.82. The van der Waals surface area contributed by atoms with Crippen LogP contribution in [0.4, 0.5) is 0 Å². The smallest absolute Gasteiger partial charge is 0.309 e. The number of aliphatic carboxylic acids is 1. The quantitative estimate of drug-likeness (QED) is 0.813. The van der Waals surface area contributed by atoms with E-state index in [-0.39, 0.29) is 0 Å².